The first-order valence-electron chi connectivity index (χ1n) is 7.35. The lowest BCUT2D eigenvalue weighted by atomic mass is 9.88. The molecule has 1 N–H and O–H groups in total. The largest absolute Gasteiger partial charge is 0.313 e. The molecule has 0 saturated heterocycles. The van der Waals surface area contributed by atoms with Gasteiger partial charge in [0.1, 0.15) is 0 Å². The SMILES string of the molecule is CCCNC(Cc1c(C)cccc1C)C1(C)CC1. The highest BCUT2D eigenvalue weighted by atomic mass is 14.9. The van der Waals surface area contributed by atoms with Gasteiger partial charge in [0.15, 0.2) is 0 Å². The molecule has 1 nitrogen and oxygen atoms in total. The van der Waals surface area contributed by atoms with Crippen LogP contribution in [-0.4, -0.2) is 12.6 Å². The molecule has 1 heteroatoms. The zero-order valence-corrected chi connectivity index (χ0v) is 12.3. The molecular formula is C17H27N. The summed E-state index contributed by atoms with van der Waals surface area (Å²) in [7, 11) is 0. The van der Waals surface area contributed by atoms with Crippen LogP contribution in [0.3, 0.4) is 0 Å². The molecule has 0 spiro atoms. The molecule has 0 radical (unpaired) electrons. The van der Waals surface area contributed by atoms with E-state index in [-0.39, 0.29) is 0 Å². The number of hydrogen-bond acceptors (Lipinski definition) is 1. The smallest absolute Gasteiger partial charge is 0.0161 e. The summed E-state index contributed by atoms with van der Waals surface area (Å²) in [5, 5.41) is 3.77. The van der Waals surface area contributed by atoms with Crippen molar-refractivity contribution in [1.29, 1.82) is 0 Å². The average Bonchev–Trinajstić information content (AvgIpc) is 3.07. The molecule has 1 saturated carbocycles. The molecule has 1 aromatic rings. The Hall–Kier alpha value is -0.820. The van der Waals surface area contributed by atoms with E-state index in [0.29, 0.717) is 11.5 Å². The second-order valence-corrected chi connectivity index (χ2v) is 6.24. The normalized spacial score (nSPS) is 18.7. The summed E-state index contributed by atoms with van der Waals surface area (Å²) in [4.78, 5) is 0. The van der Waals surface area contributed by atoms with Crippen molar-refractivity contribution in [3.8, 4) is 0 Å². The topological polar surface area (TPSA) is 12.0 Å². The fraction of sp³-hybridized carbons (Fsp3) is 0.647. The Kier molecular flexibility index (Phi) is 4.11. The summed E-state index contributed by atoms with van der Waals surface area (Å²) >= 11 is 0. The van der Waals surface area contributed by atoms with Crippen LogP contribution in [0.15, 0.2) is 18.2 Å². The molecule has 0 heterocycles. The van der Waals surface area contributed by atoms with Crippen LogP contribution in [0.1, 0.15) is 49.8 Å². The monoisotopic (exact) mass is 245 g/mol. The summed E-state index contributed by atoms with van der Waals surface area (Å²) < 4.78 is 0. The van der Waals surface area contributed by atoms with Crippen LogP contribution in [0.5, 0.6) is 0 Å². The predicted molar refractivity (Wildman–Crippen MR) is 79.0 cm³/mol. The fourth-order valence-electron chi connectivity index (χ4n) is 2.80. The molecule has 0 bridgehead atoms. The standard InChI is InChI=1S/C17H27N/c1-5-11-18-16(17(4)9-10-17)12-15-13(2)7-6-8-14(15)3/h6-8,16,18H,5,9-12H2,1-4H3. The minimum absolute atomic E-state index is 0.546. The van der Waals surface area contributed by atoms with Crippen molar-refractivity contribution in [2.45, 2.75) is 59.4 Å². The zero-order valence-electron chi connectivity index (χ0n) is 12.3. The maximum atomic E-state index is 3.77. The second-order valence-electron chi connectivity index (χ2n) is 6.24. The van der Waals surface area contributed by atoms with Crippen LogP contribution < -0.4 is 5.32 Å². The van der Waals surface area contributed by atoms with Gasteiger partial charge in [-0.1, -0.05) is 32.0 Å². The lowest BCUT2D eigenvalue weighted by molar-refractivity contribution is 0.353. The van der Waals surface area contributed by atoms with Gasteiger partial charge in [-0.15, -0.1) is 0 Å². The Labute approximate surface area is 112 Å². The summed E-state index contributed by atoms with van der Waals surface area (Å²) in [5.41, 5.74) is 4.99. The molecule has 1 aliphatic rings. The van der Waals surface area contributed by atoms with Crippen molar-refractivity contribution in [2.75, 3.05) is 6.54 Å². The third kappa shape index (κ3) is 2.95. The highest BCUT2D eigenvalue weighted by Crippen LogP contribution is 2.49. The van der Waals surface area contributed by atoms with Crippen molar-refractivity contribution in [1.82, 2.24) is 5.32 Å². The van der Waals surface area contributed by atoms with Gasteiger partial charge in [0.25, 0.3) is 0 Å². The van der Waals surface area contributed by atoms with E-state index < -0.39 is 0 Å². The van der Waals surface area contributed by atoms with Crippen LogP contribution in [-0.2, 0) is 6.42 Å². The molecule has 18 heavy (non-hydrogen) atoms. The van der Waals surface area contributed by atoms with Crippen molar-refractivity contribution in [2.24, 2.45) is 5.41 Å². The summed E-state index contributed by atoms with van der Waals surface area (Å²) in [5.74, 6) is 0. The summed E-state index contributed by atoms with van der Waals surface area (Å²) in [6, 6.07) is 7.31. The van der Waals surface area contributed by atoms with Gasteiger partial charge in [-0.2, -0.15) is 0 Å². The molecule has 1 fully saturated rings. The number of nitrogens with one attached hydrogen (secondary N) is 1. The Balaban J connectivity index is 2.13. The Morgan fingerprint density at radius 1 is 1.22 bits per heavy atom. The molecule has 0 aromatic heterocycles. The minimum Gasteiger partial charge on any atom is -0.313 e. The molecule has 0 amide bonds. The van der Waals surface area contributed by atoms with Gasteiger partial charge in [0.05, 0.1) is 0 Å². The first-order chi connectivity index (χ1) is 8.57. The molecule has 2 rings (SSSR count). The average molecular weight is 245 g/mol. The van der Waals surface area contributed by atoms with Gasteiger partial charge < -0.3 is 5.32 Å². The summed E-state index contributed by atoms with van der Waals surface area (Å²) in [6.45, 7) is 10.3. The maximum Gasteiger partial charge on any atom is 0.0161 e. The van der Waals surface area contributed by atoms with E-state index in [1.165, 1.54) is 36.8 Å². The second kappa shape index (κ2) is 5.44. The zero-order chi connectivity index (χ0) is 13.2. The van der Waals surface area contributed by atoms with E-state index in [1.54, 1.807) is 5.56 Å². The van der Waals surface area contributed by atoms with Gasteiger partial charge in [0.2, 0.25) is 0 Å². The van der Waals surface area contributed by atoms with Crippen molar-refractivity contribution >= 4 is 0 Å². The van der Waals surface area contributed by atoms with Crippen LogP contribution in [0.4, 0.5) is 0 Å². The fourth-order valence-corrected chi connectivity index (χ4v) is 2.80. The molecule has 0 aliphatic heterocycles. The van der Waals surface area contributed by atoms with Gasteiger partial charge in [-0.05, 0) is 68.2 Å². The molecule has 1 atom stereocenters. The maximum absolute atomic E-state index is 3.77. The van der Waals surface area contributed by atoms with E-state index in [2.05, 4.69) is 51.2 Å². The van der Waals surface area contributed by atoms with E-state index in [4.69, 9.17) is 0 Å². The number of hydrogen-bond donors (Lipinski definition) is 1. The lowest BCUT2D eigenvalue weighted by Gasteiger charge is -2.26. The molecular weight excluding hydrogens is 218 g/mol. The van der Waals surface area contributed by atoms with Gasteiger partial charge in [-0.25, -0.2) is 0 Å². The van der Waals surface area contributed by atoms with E-state index in [9.17, 15) is 0 Å². The van der Waals surface area contributed by atoms with Gasteiger partial charge >= 0.3 is 0 Å². The van der Waals surface area contributed by atoms with Crippen LogP contribution in [0.2, 0.25) is 0 Å². The number of benzene rings is 1. The quantitative estimate of drug-likeness (QED) is 0.798. The Bertz CT molecular complexity index is 384. The van der Waals surface area contributed by atoms with Gasteiger partial charge in [0, 0.05) is 6.04 Å². The van der Waals surface area contributed by atoms with Crippen molar-refractivity contribution in [3.63, 3.8) is 0 Å². The molecule has 100 valence electrons. The lowest BCUT2D eigenvalue weighted by Crippen LogP contribution is -2.39. The highest BCUT2D eigenvalue weighted by Gasteiger charge is 2.44. The van der Waals surface area contributed by atoms with E-state index in [0.717, 1.165) is 6.54 Å². The van der Waals surface area contributed by atoms with Crippen molar-refractivity contribution < 1.29 is 0 Å². The van der Waals surface area contributed by atoms with Crippen LogP contribution in [0, 0.1) is 19.3 Å². The molecule has 1 aromatic carbocycles. The molecule has 1 unspecified atom stereocenters. The highest BCUT2D eigenvalue weighted by molar-refractivity contribution is 5.34. The Morgan fingerprint density at radius 3 is 2.33 bits per heavy atom. The Morgan fingerprint density at radius 2 is 1.83 bits per heavy atom. The van der Waals surface area contributed by atoms with Crippen LogP contribution >= 0.6 is 0 Å². The third-order valence-electron chi connectivity index (χ3n) is 4.57. The van der Waals surface area contributed by atoms with Crippen LogP contribution in [0.25, 0.3) is 0 Å². The van der Waals surface area contributed by atoms with Gasteiger partial charge in [-0.3, -0.25) is 0 Å². The molecule has 1 aliphatic carbocycles. The van der Waals surface area contributed by atoms with Crippen molar-refractivity contribution in [3.05, 3.63) is 34.9 Å². The number of rotatable bonds is 6. The first-order valence-corrected chi connectivity index (χ1v) is 7.35. The number of aryl methyl sites for hydroxylation is 2. The first kappa shape index (κ1) is 13.6. The third-order valence-corrected chi connectivity index (χ3v) is 4.57. The predicted octanol–water partition coefficient (Wildman–Crippen LogP) is 4.01. The van der Waals surface area contributed by atoms with E-state index >= 15 is 0 Å². The minimum atomic E-state index is 0.546. The van der Waals surface area contributed by atoms with E-state index in [1.807, 2.05) is 0 Å². The summed E-state index contributed by atoms with van der Waals surface area (Å²) in [6.07, 6.45) is 5.19.